The average Bonchev–Trinajstić information content (AvgIpc) is 2.95. The molecule has 0 bridgehead atoms. The number of aromatic nitrogens is 1. The number of aliphatic imine (C=N–C) groups is 1. The van der Waals surface area contributed by atoms with Crippen LogP contribution in [0.15, 0.2) is 47.5 Å². The minimum absolute atomic E-state index is 0.105. The predicted octanol–water partition coefficient (Wildman–Crippen LogP) is 5.93. The molecule has 0 radical (unpaired) electrons. The van der Waals surface area contributed by atoms with Gasteiger partial charge in [-0.15, -0.1) is 0 Å². The highest BCUT2D eigenvalue weighted by Gasteiger charge is 2.14. The average molecular weight is 375 g/mol. The van der Waals surface area contributed by atoms with E-state index in [1.807, 2.05) is 13.0 Å². The lowest BCUT2D eigenvalue weighted by Gasteiger charge is -2.10. The molecule has 0 spiro atoms. The van der Waals surface area contributed by atoms with Crippen LogP contribution in [-0.4, -0.2) is 15.7 Å². The molecule has 144 valence electrons. The summed E-state index contributed by atoms with van der Waals surface area (Å²) in [5.74, 6) is 0. The Kier molecular flexibility index (Phi) is 5.45. The quantitative estimate of drug-likeness (QED) is 0.315. The van der Waals surface area contributed by atoms with Gasteiger partial charge in [-0.25, -0.2) is 0 Å². The van der Waals surface area contributed by atoms with Crippen LogP contribution in [0.2, 0.25) is 0 Å². The van der Waals surface area contributed by atoms with Gasteiger partial charge in [0.1, 0.15) is 0 Å². The third kappa shape index (κ3) is 3.74. The SMILES string of the molecule is CCc1ccc(-n2c(C)cc(C=Nc3cc(C)c(C)c([N+](=O)[O-])c3)c2C)cc1. The van der Waals surface area contributed by atoms with Crippen molar-refractivity contribution in [3.05, 3.63) is 86.2 Å². The summed E-state index contributed by atoms with van der Waals surface area (Å²) < 4.78 is 2.20. The molecule has 3 rings (SSSR count). The first-order valence-corrected chi connectivity index (χ1v) is 9.39. The molecule has 0 fully saturated rings. The fourth-order valence-electron chi connectivity index (χ4n) is 3.43. The largest absolute Gasteiger partial charge is 0.318 e. The van der Waals surface area contributed by atoms with E-state index in [9.17, 15) is 10.1 Å². The molecule has 0 aliphatic carbocycles. The number of rotatable bonds is 5. The van der Waals surface area contributed by atoms with Crippen molar-refractivity contribution < 1.29 is 4.92 Å². The van der Waals surface area contributed by atoms with Crippen molar-refractivity contribution in [1.29, 1.82) is 0 Å². The first-order chi connectivity index (χ1) is 13.3. The van der Waals surface area contributed by atoms with Crippen LogP contribution in [0.3, 0.4) is 0 Å². The van der Waals surface area contributed by atoms with Gasteiger partial charge in [0.25, 0.3) is 5.69 Å². The summed E-state index contributed by atoms with van der Waals surface area (Å²) in [5, 5.41) is 11.3. The van der Waals surface area contributed by atoms with E-state index in [0.29, 0.717) is 11.3 Å². The Morgan fingerprint density at radius 3 is 2.36 bits per heavy atom. The van der Waals surface area contributed by atoms with Gasteiger partial charge in [-0.05, 0) is 69.5 Å². The van der Waals surface area contributed by atoms with E-state index >= 15 is 0 Å². The number of hydrogen-bond acceptors (Lipinski definition) is 3. The van der Waals surface area contributed by atoms with Gasteiger partial charge in [-0.3, -0.25) is 15.1 Å². The Labute approximate surface area is 165 Å². The number of nitro benzene ring substituents is 1. The van der Waals surface area contributed by atoms with Gasteiger partial charge >= 0.3 is 0 Å². The van der Waals surface area contributed by atoms with Crippen molar-refractivity contribution in [3.8, 4) is 5.69 Å². The fourth-order valence-corrected chi connectivity index (χ4v) is 3.43. The van der Waals surface area contributed by atoms with Gasteiger partial charge < -0.3 is 4.57 Å². The van der Waals surface area contributed by atoms with Crippen LogP contribution in [-0.2, 0) is 6.42 Å². The standard InChI is InChI=1S/C23H25N3O2/c1-6-19-7-9-22(10-8-19)25-16(3)12-20(18(25)5)14-24-21-11-15(2)17(4)23(13-21)26(27)28/h7-14H,6H2,1-5H3. The second-order valence-corrected chi connectivity index (χ2v) is 7.10. The minimum Gasteiger partial charge on any atom is -0.318 e. The molecule has 5 nitrogen and oxygen atoms in total. The van der Waals surface area contributed by atoms with E-state index in [2.05, 4.69) is 60.7 Å². The fraction of sp³-hybridized carbons (Fsp3) is 0.261. The Balaban J connectivity index is 1.97. The van der Waals surface area contributed by atoms with Crippen molar-refractivity contribution in [3.63, 3.8) is 0 Å². The van der Waals surface area contributed by atoms with Gasteiger partial charge in [0.2, 0.25) is 0 Å². The van der Waals surface area contributed by atoms with Gasteiger partial charge in [-0.1, -0.05) is 19.1 Å². The van der Waals surface area contributed by atoms with Crippen LogP contribution in [0.4, 0.5) is 11.4 Å². The first kappa shape index (κ1) is 19.5. The lowest BCUT2D eigenvalue weighted by Crippen LogP contribution is -1.99. The molecule has 0 saturated carbocycles. The summed E-state index contributed by atoms with van der Waals surface area (Å²) in [5.41, 5.74) is 7.87. The normalized spacial score (nSPS) is 11.3. The molecule has 3 aromatic rings. The number of aryl methyl sites for hydroxylation is 3. The Morgan fingerprint density at radius 1 is 1.07 bits per heavy atom. The lowest BCUT2D eigenvalue weighted by atomic mass is 10.1. The second-order valence-electron chi connectivity index (χ2n) is 7.10. The van der Waals surface area contributed by atoms with E-state index in [-0.39, 0.29) is 10.6 Å². The molecule has 0 saturated heterocycles. The Morgan fingerprint density at radius 2 is 1.75 bits per heavy atom. The number of nitrogens with zero attached hydrogens (tertiary/aromatic N) is 3. The maximum absolute atomic E-state index is 11.3. The van der Waals surface area contributed by atoms with Crippen LogP contribution in [0.1, 0.15) is 40.6 Å². The zero-order chi connectivity index (χ0) is 20.4. The van der Waals surface area contributed by atoms with E-state index in [4.69, 9.17) is 0 Å². The summed E-state index contributed by atoms with van der Waals surface area (Å²) >= 11 is 0. The Bertz CT molecular complexity index is 1060. The summed E-state index contributed by atoms with van der Waals surface area (Å²) in [7, 11) is 0. The molecule has 1 heterocycles. The van der Waals surface area contributed by atoms with Crippen LogP contribution >= 0.6 is 0 Å². The van der Waals surface area contributed by atoms with Crippen LogP contribution in [0.25, 0.3) is 5.69 Å². The summed E-state index contributed by atoms with van der Waals surface area (Å²) in [6.45, 7) is 9.91. The Hall–Kier alpha value is -3.21. The van der Waals surface area contributed by atoms with Crippen molar-refractivity contribution in [1.82, 2.24) is 4.57 Å². The number of hydrogen-bond donors (Lipinski definition) is 0. The third-order valence-corrected chi connectivity index (χ3v) is 5.25. The highest BCUT2D eigenvalue weighted by atomic mass is 16.6. The monoisotopic (exact) mass is 375 g/mol. The molecule has 0 amide bonds. The highest BCUT2D eigenvalue weighted by Crippen LogP contribution is 2.28. The molecule has 0 atom stereocenters. The molecule has 0 unspecified atom stereocenters. The molecule has 0 aliphatic heterocycles. The van der Waals surface area contributed by atoms with Crippen LogP contribution < -0.4 is 0 Å². The summed E-state index contributed by atoms with van der Waals surface area (Å²) in [6.07, 6.45) is 2.80. The van der Waals surface area contributed by atoms with Gasteiger partial charge in [0, 0.05) is 40.5 Å². The van der Waals surface area contributed by atoms with Crippen molar-refractivity contribution >= 4 is 17.6 Å². The van der Waals surface area contributed by atoms with Crippen LogP contribution in [0.5, 0.6) is 0 Å². The highest BCUT2D eigenvalue weighted by molar-refractivity contribution is 5.84. The molecule has 0 N–H and O–H groups in total. The lowest BCUT2D eigenvalue weighted by molar-refractivity contribution is -0.385. The van der Waals surface area contributed by atoms with E-state index in [1.54, 1.807) is 13.1 Å². The van der Waals surface area contributed by atoms with E-state index in [1.165, 1.54) is 11.6 Å². The van der Waals surface area contributed by atoms with E-state index in [0.717, 1.165) is 34.6 Å². The minimum atomic E-state index is -0.354. The van der Waals surface area contributed by atoms with Gasteiger partial charge in [0.05, 0.1) is 10.6 Å². The van der Waals surface area contributed by atoms with Crippen molar-refractivity contribution in [2.45, 2.75) is 41.0 Å². The zero-order valence-corrected chi connectivity index (χ0v) is 17.0. The molecule has 28 heavy (non-hydrogen) atoms. The number of nitro groups is 1. The summed E-state index contributed by atoms with van der Waals surface area (Å²) in [4.78, 5) is 15.4. The summed E-state index contributed by atoms with van der Waals surface area (Å²) in [6, 6.07) is 14.1. The maximum Gasteiger partial charge on any atom is 0.274 e. The van der Waals surface area contributed by atoms with Crippen LogP contribution in [0, 0.1) is 37.8 Å². The van der Waals surface area contributed by atoms with Crippen molar-refractivity contribution in [2.24, 2.45) is 4.99 Å². The molecule has 2 aromatic carbocycles. The molecular weight excluding hydrogens is 350 g/mol. The molecule has 5 heteroatoms. The molecular formula is C23H25N3O2. The number of benzene rings is 2. The van der Waals surface area contributed by atoms with Gasteiger partial charge in [-0.2, -0.15) is 0 Å². The smallest absolute Gasteiger partial charge is 0.274 e. The van der Waals surface area contributed by atoms with E-state index < -0.39 is 0 Å². The first-order valence-electron chi connectivity index (χ1n) is 9.39. The third-order valence-electron chi connectivity index (χ3n) is 5.25. The zero-order valence-electron chi connectivity index (χ0n) is 17.0. The van der Waals surface area contributed by atoms with Gasteiger partial charge in [0.15, 0.2) is 0 Å². The maximum atomic E-state index is 11.3. The predicted molar refractivity (Wildman–Crippen MR) is 114 cm³/mol. The second kappa shape index (κ2) is 7.80. The molecule has 1 aromatic heterocycles. The molecule has 0 aliphatic rings. The van der Waals surface area contributed by atoms with Crippen molar-refractivity contribution in [2.75, 3.05) is 0 Å². The topological polar surface area (TPSA) is 60.4 Å².